The fourth-order valence-electron chi connectivity index (χ4n) is 1.62. The smallest absolute Gasteiger partial charge is 0.320 e. The van der Waals surface area contributed by atoms with Gasteiger partial charge in [-0.2, -0.15) is 0 Å². The molecule has 0 unspecified atom stereocenters. The summed E-state index contributed by atoms with van der Waals surface area (Å²) in [6.45, 7) is 7.34. The molecule has 0 radical (unpaired) electrons. The van der Waals surface area contributed by atoms with E-state index in [1.165, 1.54) is 0 Å². The Bertz CT molecular complexity index is 407. The highest BCUT2D eigenvalue weighted by Crippen LogP contribution is 2.16. The van der Waals surface area contributed by atoms with Gasteiger partial charge in [0.25, 0.3) is 0 Å². The van der Waals surface area contributed by atoms with Gasteiger partial charge >= 0.3 is 5.97 Å². The molecule has 1 aromatic carbocycles. The van der Waals surface area contributed by atoms with Crippen molar-refractivity contribution in [1.82, 2.24) is 4.90 Å². The largest absolute Gasteiger partial charge is 0.465 e. The Kier molecular flexibility index (Phi) is 6.47. The first-order valence-corrected chi connectivity index (χ1v) is 6.27. The second-order valence-corrected chi connectivity index (χ2v) is 4.26. The van der Waals surface area contributed by atoms with E-state index >= 15 is 0 Å². The van der Waals surface area contributed by atoms with E-state index < -0.39 is 0 Å². The van der Waals surface area contributed by atoms with E-state index in [2.05, 4.69) is 6.58 Å². The molecule has 0 atom stereocenters. The first-order chi connectivity index (χ1) is 8.67. The summed E-state index contributed by atoms with van der Waals surface area (Å²) in [7, 11) is 0. The molecule has 98 valence electrons. The van der Waals surface area contributed by atoms with E-state index in [9.17, 15) is 4.79 Å². The van der Waals surface area contributed by atoms with Crippen LogP contribution in [0.2, 0.25) is 5.02 Å². The van der Waals surface area contributed by atoms with Crippen molar-refractivity contribution in [1.29, 1.82) is 0 Å². The van der Waals surface area contributed by atoms with Gasteiger partial charge in [-0.1, -0.05) is 35.9 Å². The van der Waals surface area contributed by atoms with Gasteiger partial charge in [0.15, 0.2) is 0 Å². The Hall–Kier alpha value is -1.32. The van der Waals surface area contributed by atoms with Crippen molar-refractivity contribution in [3.8, 4) is 0 Å². The molecule has 1 aromatic rings. The number of hydrogen-bond acceptors (Lipinski definition) is 3. The molecule has 0 saturated heterocycles. The number of rotatable bonds is 7. The van der Waals surface area contributed by atoms with E-state index in [4.69, 9.17) is 16.3 Å². The average molecular weight is 268 g/mol. The topological polar surface area (TPSA) is 29.5 Å². The lowest BCUT2D eigenvalue weighted by molar-refractivity contribution is -0.144. The molecule has 0 aliphatic carbocycles. The van der Waals surface area contributed by atoms with Crippen molar-refractivity contribution in [3.63, 3.8) is 0 Å². The van der Waals surface area contributed by atoms with Crippen LogP contribution in [0, 0.1) is 0 Å². The Morgan fingerprint density at radius 2 is 2.22 bits per heavy atom. The minimum atomic E-state index is -0.230. The lowest BCUT2D eigenvalue weighted by atomic mass is 10.2. The maximum absolute atomic E-state index is 11.5. The number of esters is 1. The van der Waals surface area contributed by atoms with Gasteiger partial charge in [-0.15, -0.1) is 6.58 Å². The highest BCUT2D eigenvalue weighted by Gasteiger charge is 2.12. The van der Waals surface area contributed by atoms with Gasteiger partial charge in [0.2, 0.25) is 0 Å². The Morgan fingerprint density at radius 1 is 1.50 bits per heavy atom. The predicted octanol–water partition coefficient (Wildman–Crippen LogP) is 2.89. The number of nitrogens with zero attached hydrogens (tertiary/aromatic N) is 1. The third-order valence-electron chi connectivity index (χ3n) is 2.40. The molecule has 0 heterocycles. The van der Waals surface area contributed by atoms with Crippen molar-refractivity contribution in [2.75, 3.05) is 19.7 Å². The minimum absolute atomic E-state index is 0.230. The Morgan fingerprint density at radius 3 is 2.83 bits per heavy atom. The summed E-state index contributed by atoms with van der Waals surface area (Å²) < 4.78 is 4.94. The van der Waals surface area contributed by atoms with Gasteiger partial charge in [0, 0.05) is 18.1 Å². The molecular weight excluding hydrogens is 250 g/mol. The summed E-state index contributed by atoms with van der Waals surface area (Å²) in [6, 6.07) is 7.60. The Labute approximate surface area is 113 Å². The average Bonchev–Trinajstić information content (AvgIpc) is 2.32. The molecule has 18 heavy (non-hydrogen) atoms. The Balaban J connectivity index is 2.65. The molecule has 0 saturated carbocycles. The van der Waals surface area contributed by atoms with Crippen LogP contribution in [0.25, 0.3) is 0 Å². The first kappa shape index (κ1) is 14.7. The van der Waals surface area contributed by atoms with Crippen molar-refractivity contribution in [2.45, 2.75) is 13.5 Å². The minimum Gasteiger partial charge on any atom is -0.465 e. The van der Waals surface area contributed by atoms with Gasteiger partial charge in [0.1, 0.15) is 0 Å². The summed E-state index contributed by atoms with van der Waals surface area (Å²) in [5.74, 6) is -0.230. The number of benzene rings is 1. The summed E-state index contributed by atoms with van der Waals surface area (Å²) in [4.78, 5) is 13.4. The highest BCUT2D eigenvalue weighted by atomic mass is 35.5. The molecule has 0 aliphatic rings. The maximum Gasteiger partial charge on any atom is 0.320 e. The first-order valence-electron chi connectivity index (χ1n) is 5.89. The normalized spacial score (nSPS) is 10.4. The molecular formula is C14H18ClNO2. The van der Waals surface area contributed by atoms with Crippen LogP contribution in [0.3, 0.4) is 0 Å². The summed E-state index contributed by atoms with van der Waals surface area (Å²) >= 11 is 6.10. The number of hydrogen-bond donors (Lipinski definition) is 0. The highest BCUT2D eigenvalue weighted by molar-refractivity contribution is 6.31. The molecule has 0 N–H and O–H groups in total. The zero-order valence-electron chi connectivity index (χ0n) is 10.6. The van der Waals surface area contributed by atoms with E-state index in [1.807, 2.05) is 29.2 Å². The molecule has 3 nitrogen and oxygen atoms in total. The van der Waals surface area contributed by atoms with Crippen LogP contribution in [-0.4, -0.2) is 30.6 Å². The summed E-state index contributed by atoms with van der Waals surface area (Å²) in [6.07, 6.45) is 1.76. The van der Waals surface area contributed by atoms with Gasteiger partial charge < -0.3 is 4.74 Å². The van der Waals surface area contributed by atoms with Crippen LogP contribution in [0.4, 0.5) is 0 Å². The molecule has 0 aromatic heterocycles. The van der Waals surface area contributed by atoms with Crippen molar-refractivity contribution < 1.29 is 9.53 Å². The molecule has 1 rings (SSSR count). The van der Waals surface area contributed by atoms with Crippen molar-refractivity contribution in [2.24, 2.45) is 0 Å². The molecule has 0 bridgehead atoms. The fraction of sp³-hybridized carbons (Fsp3) is 0.357. The van der Waals surface area contributed by atoms with Crippen LogP contribution < -0.4 is 0 Å². The number of carbonyl (C=O) groups is 1. The van der Waals surface area contributed by atoms with Gasteiger partial charge in [-0.05, 0) is 18.6 Å². The second-order valence-electron chi connectivity index (χ2n) is 3.85. The molecule has 0 amide bonds. The fourth-order valence-corrected chi connectivity index (χ4v) is 1.82. The standard InChI is InChI=1S/C14H18ClNO2/c1-3-9-16(11-14(17)18-4-2)10-12-7-5-6-8-13(12)15/h3,5-8H,1,4,9-11H2,2H3. The number of ether oxygens (including phenoxy) is 1. The summed E-state index contributed by atoms with van der Waals surface area (Å²) in [5, 5.41) is 0.704. The molecule has 4 heteroatoms. The maximum atomic E-state index is 11.5. The van der Waals surface area contributed by atoms with Crippen LogP contribution in [-0.2, 0) is 16.1 Å². The third kappa shape index (κ3) is 4.90. The van der Waals surface area contributed by atoms with Crippen LogP contribution in [0.15, 0.2) is 36.9 Å². The zero-order valence-corrected chi connectivity index (χ0v) is 11.3. The lowest BCUT2D eigenvalue weighted by Crippen LogP contribution is -2.30. The summed E-state index contributed by atoms with van der Waals surface area (Å²) in [5.41, 5.74) is 0.991. The lowest BCUT2D eigenvalue weighted by Gasteiger charge is -2.20. The van der Waals surface area contributed by atoms with Crippen molar-refractivity contribution in [3.05, 3.63) is 47.5 Å². The number of halogens is 1. The molecule has 0 spiro atoms. The predicted molar refractivity (Wildman–Crippen MR) is 73.6 cm³/mol. The van der Waals surface area contributed by atoms with Crippen LogP contribution in [0.1, 0.15) is 12.5 Å². The van der Waals surface area contributed by atoms with Gasteiger partial charge in [0.05, 0.1) is 13.2 Å². The van der Waals surface area contributed by atoms with E-state index in [0.717, 1.165) is 5.56 Å². The van der Waals surface area contributed by atoms with Gasteiger partial charge in [-0.3, -0.25) is 9.69 Å². The van der Waals surface area contributed by atoms with E-state index in [-0.39, 0.29) is 12.5 Å². The van der Waals surface area contributed by atoms with Crippen LogP contribution >= 0.6 is 11.6 Å². The SMILES string of the molecule is C=CCN(CC(=O)OCC)Cc1ccccc1Cl. The monoisotopic (exact) mass is 267 g/mol. The van der Waals surface area contributed by atoms with E-state index in [1.54, 1.807) is 13.0 Å². The van der Waals surface area contributed by atoms with E-state index in [0.29, 0.717) is 24.7 Å². The van der Waals surface area contributed by atoms with Gasteiger partial charge in [-0.25, -0.2) is 0 Å². The third-order valence-corrected chi connectivity index (χ3v) is 2.77. The number of carbonyl (C=O) groups excluding carboxylic acids is 1. The molecule has 0 fully saturated rings. The zero-order chi connectivity index (χ0) is 13.4. The van der Waals surface area contributed by atoms with Crippen molar-refractivity contribution >= 4 is 17.6 Å². The second kappa shape index (κ2) is 7.90. The van der Waals surface area contributed by atoms with Crippen LogP contribution in [0.5, 0.6) is 0 Å². The quantitative estimate of drug-likeness (QED) is 0.562. The molecule has 0 aliphatic heterocycles.